The zero-order valence-electron chi connectivity index (χ0n) is 9.44. The number of hydrogen-bond acceptors (Lipinski definition) is 3. The molecule has 0 amide bonds. The highest BCUT2D eigenvalue weighted by Gasteiger charge is 2.10. The van der Waals surface area contributed by atoms with E-state index in [1.54, 1.807) is 10.9 Å². The largest absolute Gasteiger partial charge is 0.275 e. The van der Waals surface area contributed by atoms with Crippen molar-refractivity contribution in [2.24, 2.45) is 7.05 Å². The summed E-state index contributed by atoms with van der Waals surface area (Å²) in [5, 5.41) is 4.31. The van der Waals surface area contributed by atoms with Gasteiger partial charge in [-0.2, -0.15) is 5.10 Å². The smallest absolute Gasteiger partial charge is 0.0951 e. The first-order valence-corrected chi connectivity index (χ1v) is 4.89. The Labute approximate surface area is 89.0 Å². The van der Waals surface area contributed by atoms with E-state index in [1.807, 2.05) is 34.0 Å². The van der Waals surface area contributed by atoms with Crippen LogP contribution in [0.15, 0.2) is 12.4 Å². The van der Waals surface area contributed by atoms with Crippen molar-refractivity contribution in [3.8, 4) is 11.3 Å². The molecule has 2 aromatic heterocycles. The summed E-state index contributed by atoms with van der Waals surface area (Å²) in [5.41, 5.74) is 4.85. The molecule has 0 bridgehead atoms. The number of aryl methyl sites for hydroxylation is 4. The van der Waals surface area contributed by atoms with E-state index in [0.717, 1.165) is 28.3 Å². The SMILES string of the molecule is Cc1cnc(C)c(-c2cn(C)nc2C)n1. The highest BCUT2D eigenvalue weighted by molar-refractivity contribution is 5.63. The molecule has 0 saturated heterocycles. The van der Waals surface area contributed by atoms with Crippen LogP contribution in [0.5, 0.6) is 0 Å². The van der Waals surface area contributed by atoms with Gasteiger partial charge in [-0.05, 0) is 20.8 Å². The van der Waals surface area contributed by atoms with Crippen LogP contribution in [-0.4, -0.2) is 19.7 Å². The Morgan fingerprint density at radius 3 is 2.47 bits per heavy atom. The van der Waals surface area contributed by atoms with Crippen LogP contribution in [0.1, 0.15) is 17.1 Å². The van der Waals surface area contributed by atoms with Crippen molar-refractivity contribution >= 4 is 0 Å². The van der Waals surface area contributed by atoms with Gasteiger partial charge in [-0.1, -0.05) is 0 Å². The summed E-state index contributed by atoms with van der Waals surface area (Å²) in [6.07, 6.45) is 3.76. The maximum absolute atomic E-state index is 4.50. The van der Waals surface area contributed by atoms with Gasteiger partial charge in [-0.3, -0.25) is 9.67 Å². The fraction of sp³-hybridized carbons (Fsp3) is 0.364. The molecule has 0 unspecified atom stereocenters. The number of rotatable bonds is 1. The quantitative estimate of drug-likeness (QED) is 0.708. The minimum atomic E-state index is 0.929. The molecule has 0 aromatic carbocycles. The van der Waals surface area contributed by atoms with Crippen molar-refractivity contribution in [3.05, 3.63) is 29.5 Å². The van der Waals surface area contributed by atoms with Gasteiger partial charge in [0.05, 0.1) is 22.8 Å². The Balaban J connectivity index is 2.62. The maximum Gasteiger partial charge on any atom is 0.0951 e. The van der Waals surface area contributed by atoms with Gasteiger partial charge in [0.25, 0.3) is 0 Å². The summed E-state index contributed by atoms with van der Waals surface area (Å²) >= 11 is 0. The van der Waals surface area contributed by atoms with E-state index in [4.69, 9.17) is 0 Å². The lowest BCUT2D eigenvalue weighted by atomic mass is 10.1. The highest BCUT2D eigenvalue weighted by atomic mass is 15.2. The predicted molar refractivity (Wildman–Crippen MR) is 58.4 cm³/mol. The fourth-order valence-corrected chi connectivity index (χ4v) is 1.62. The lowest BCUT2D eigenvalue weighted by Gasteiger charge is -2.03. The molecule has 0 saturated carbocycles. The Morgan fingerprint density at radius 2 is 1.87 bits per heavy atom. The highest BCUT2D eigenvalue weighted by Crippen LogP contribution is 2.22. The molecule has 4 nitrogen and oxygen atoms in total. The summed E-state index contributed by atoms with van der Waals surface area (Å²) in [5.74, 6) is 0. The zero-order valence-corrected chi connectivity index (χ0v) is 9.44. The minimum absolute atomic E-state index is 0.929. The second-order valence-corrected chi connectivity index (χ2v) is 3.75. The molecule has 0 aliphatic heterocycles. The molecular weight excluding hydrogens is 188 g/mol. The van der Waals surface area contributed by atoms with E-state index in [0.29, 0.717) is 0 Å². The van der Waals surface area contributed by atoms with Crippen LogP contribution >= 0.6 is 0 Å². The van der Waals surface area contributed by atoms with Gasteiger partial charge in [-0.25, -0.2) is 4.98 Å². The molecule has 4 heteroatoms. The van der Waals surface area contributed by atoms with Crippen LogP contribution in [0.25, 0.3) is 11.3 Å². The summed E-state index contributed by atoms with van der Waals surface area (Å²) in [6, 6.07) is 0. The van der Waals surface area contributed by atoms with Gasteiger partial charge in [-0.15, -0.1) is 0 Å². The van der Waals surface area contributed by atoms with Gasteiger partial charge < -0.3 is 0 Å². The molecule has 2 heterocycles. The number of aromatic nitrogens is 4. The Hall–Kier alpha value is -1.71. The van der Waals surface area contributed by atoms with E-state index in [1.165, 1.54) is 0 Å². The molecule has 0 radical (unpaired) electrons. The Morgan fingerprint density at radius 1 is 1.13 bits per heavy atom. The third kappa shape index (κ3) is 1.75. The van der Waals surface area contributed by atoms with Gasteiger partial charge in [0.1, 0.15) is 0 Å². The third-order valence-corrected chi connectivity index (χ3v) is 2.34. The van der Waals surface area contributed by atoms with E-state index in [9.17, 15) is 0 Å². The first kappa shape index (κ1) is 9.83. The summed E-state index contributed by atoms with van der Waals surface area (Å²) in [7, 11) is 1.91. The predicted octanol–water partition coefficient (Wildman–Crippen LogP) is 1.80. The lowest BCUT2D eigenvalue weighted by molar-refractivity contribution is 0.756. The van der Waals surface area contributed by atoms with Crippen LogP contribution in [0.3, 0.4) is 0 Å². The van der Waals surface area contributed by atoms with Crippen molar-refractivity contribution in [2.75, 3.05) is 0 Å². The normalized spacial score (nSPS) is 10.7. The van der Waals surface area contributed by atoms with Crippen molar-refractivity contribution in [1.82, 2.24) is 19.7 Å². The first-order valence-electron chi connectivity index (χ1n) is 4.89. The van der Waals surface area contributed by atoms with Crippen LogP contribution in [0.4, 0.5) is 0 Å². The lowest BCUT2D eigenvalue weighted by Crippen LogP contribution is -1.94. The van der Waals surface area contributed by atoms with E-state index >= 15 is 0 Å². The molecule has 2 aromatic rings. The number of nitrogens with zero attached hydrogens (tertiary/aromatic N) is 4. The summed E-state index contributed by atoms with van der Waals surface area (Å²) < 4.78 is 1.80. The molecule has 15 heavy (non-hydrogen) atoms. The van der Waals surface area contributed by atoms with Crippen LogP contribution < -0.4 is 0 Å². The van der Waals surface area contributed by atoms with E-state index in [2.05, 4.69) is 15.1 Å². The summed E-state index contributed by atoms with van der Waals surface area (Å²) in [6.45, 7) is 5.90. The molecule has 0 spiro atoms. The molecule has 0 N–H and O–H groups in total. The van der Waals surface area contributed by atoms with Crippen LogP contribution in [-0.2, 0) is 7.05 Å². The van der Waals surface area contributed by atoms with Crippen molar-refractivity contribution in [2.45, 2.75) is 20.8 Å². The molecule has 0 fully saturated rings. The van der Waals surface area contributed by atoms with Gasteiger partial charge in [0.2, 0.25) is 0 Å². The second kappa shape index (κ2) is 3.46. The molecule has 0 atom stereocenters. The van der Waals surface area contributed by atoms with Crippen molar-refractivity contribution in [3.63, 3.8) is 0 Å². The Bertz CT molecular complexity index is 499. The third-order valence-electron chi connectivity index (χ3n) is 2.34. The molecule has 0 aliphatic carbocycles. The van der Waals surface area contributed by atoms with Gasteiger partial charge in [0, 0.05) is 25.0 Å². The van der Waals surface area contributed by atoms with Crippen LogP contribution in [0.2, 0.25) is 0 Å². The van der Waals surface area contributed by atoms with Gasteiger partial charge >= 0.3 is 0 Å². The molecular formula is C11H14N4. The van der Waals surface area contributed by atoms with Crippen LogP contribution in [0, 0.1) is 20.8 Å². The minimum Gasteiger partial charge on any atom is -0.275 e. The molecule has 2 rings (SSSR count). The second-order valence-electron chi connectivity index (χ2n) is 3.75. The first-order chi connectivity index (χ1) is 7.08. The zero-order chi connectivity index (χ0) is 11.0. The molecule has 0 aliphatic rings. The standard InChI is InChI=1S/C11H14N4/c1-7-5-12-9(3)11(13-7)10-6-15(4)14-8(10)2/h5-6H,1-4H3. The van der Waals surface area contributed by atoms with E-state index < -0.39 is 0 Å². The van der Waals surface area contributed by atoms with Gasteiger partial charge in [0.15, 0.2) is 0 Å². The average molecular weight is 202 g/mol. The van der Waals surface area contributed by atoms with E-state index in [-0.39, 0.29) is 0 Å². The monoisotopic (exact) mass is 202 g/mol. The Kier molecular flexibility index (Phi) is 2.26. The fourth-order valence-electron chi connectivity index (χ4n) is 1.62. The maximum atomic E-state index is 4.50. The number of hydrogen-bond donors (Lipinski definition) is 0. The average Bonchev–Trinajstić information content (AvgIpc) is 2.50. The summed E-state index contributed by atoms with van der Waals surface area (Å²) in [4.78, 5) is 8.81. The van der Waals surface area contributed by atoms with Crippen molar-refractivity contribution in [1.29, 1.82) is 0 Å². The molecule has 78 valence electrons. The van der Waals surface area contributed by atoms with Crippen molar-refractivity contribution < 1.29 is 0 Å². The topological polar surface area (TPSA) is 43.6 Å².